The average molecular weight is 484 g/mol. The predicted molar refractivity (Wildman–Crippen MR) is 129 cm³/mol. The zero-order chi connectivity index (χ0) is 23.4. The molecule has 0 fully saturated rings. The molecule has 0 bridgehead atoms. The number of carbonyl (C=O) groups excluding carboxylic acids is 1. The number of sulfonamides is 1. The molecule has 1 amide bonds. The van der Waals surface area contributed by atoms with Crippen molar-refractivity contribution in [3.8, 4) is 11.5 Å². The molecule has 1 aromatic heterocycles. The van der Waals surface area contributed by atoms with E-state index in [4.69, 9.17) is 9.47 Å². The van der Waals surface area contributed by atoms with Gasteiger partial charge in [0.1, 0.15) is 11.5 Å². The van der Waals surface area contributed by atoms with Crippen LogP contribution in [0.2, 0.25) is 0 Å². The summed E-state index contributed by atoms with van der Waals surface area (Å²) >= 11 is 1.35. The van der Waals surface area contributed by atoms with Crippen molar-refractivity contribution in [3.63, 3.8) is 0 Å². The Morgan fingerprint density at radius 1 is 1.00 bits per heavy atom. The molecule has 3 aromatic carbocycles. The highest BCUT2D eigenvalue weighted by Crippen LogP contribution is 2.29. The summed E-state index contributed by atoms with van der Waals surface area (Å²) in [6, 6.07) is 17.8. The maximum Gasteiger partial charge on any atom is 0.261 e. The number of anilines is 2. The molecular weight excluding hydrogens is 462 g/mol. The summed E-state index contributed by atoms with van der Waals surface area (Å²) in [4.78, 5) is 17.1. The molecule has 0 spiro atoms. The van der Waals surface area contributed by atoms with Gasteiger partial charge in [0.2, 0.25) is 0 Å². The lowest BCUT2D eigenvalue weighted by atomic mass is 10.2. The van der Waals surface area contributed by atoms with Crippen LogP contribution in [0.5, 0.6) is 11.5 Å². The molecule has 0 aliphatic carbocycles. The number of amides is 1. The molecule has 0 aliphatic rings. The Labute approximate surface area is 195 Å². The Kier molecular flexibility index (Phi) is 6.47. The van der Waals surface area contributed by atoms with Crippen LogP contribution >= 0.6 is 11.3 Å². The highest BCUT2D eigenvalue weighted by Gasteiger charge is 2.15. The number of rotatable bonds is 8. The third kappa shape index (κ3) is 5.24. The van der Waals surface area contributed by atoms with Crippen molar-refractivity contribution in [1.82, 2.24) is 4.98 Å². The largest absolute Gasteiger partial charge is 0.497 e. The molecule has 170 valence electrons. The second-order valence-electron chi connectivity index (χ2n) is 6.89. The van der Waals surface area contributed by atoms with Gasteiger partial charge in [-0.2, -0.15) is 0 Å². The van der Waals surface area contributed by atoms with Crippen LogP contribution in [0.1, 0.15) is 17.3 Å². The van der Waals surface area contributed by atoms with Crippen molar-refractivity contribution in [2.75, 3.05) is 23.8 Å². The van der Waals surface area contributed by atoms with E-state index >= 15 is 0 Å². The van der Waals surface area contributed by atoms with Crippen molar-refractivity contribution in [1.29, 1.82) is 0 Å². The lowest BCUT2D eigenvalue weighted by molar-refractivity contribution is 0.102. The lowest BCUT2D eigenvalue weighted by Gasteiger charge is -2.09. The van der Waals surface area contributed by atoms with E-state index in [1.165, 1.54) is 42.7 Å². The fraction of sp³-hybridized carbons (Fsp3) is 0.130. The number of nitrogens with one attached hydrogen (secondary N) is 2. The number of thiazole rings is 1. The van der Waals surface area contributed by atoms with Gasteiger partial charge in [-0.3, -0.25) is 14.8 Å². The normalized spacial score (nSPS) is 11.2. The summed E-state index contributed by atoms with van der Waals surface area (Å²) in [7, 11) is -2.26. The van der Waals surface area contributed by atoms with Gasteiger partial charge in [0.05, 0.1) is 28.8 Å². The molecule has 0 saturated heterocycles. The minimum atomic E-state index is -3.77. The molecular formula is C23H21N3O5S2. The number of methoxy groups -OCH3 is 1. The third-order valence-corrected chi connectivity index (χ3v) is 6.99. The van der Waals surface area contributed by atoms with E-state index in [-0.39, 0.29) is 10.8 Å². The molecule has 0 radical (unpaired) electrons. The van der Waals surface area contributed by atoms with Crippen LogP contribution < -0.4 is 19.5 Å². The van der Waals surface area contributed by atoms with Crippen LogP contribution in [-0.2, 0) is 10.0 Å². The first-order chi connectivity index (χ1) is 15.9. The number of benzene rings is 3. The highest BCUT2D eigenvalue weighted by molar-refractivity contribution is 7.92. The van der Waals surface area contributed by atoms with Gasteiger partial charge in [-0.05, 0) is 73.7 Å². The monoisotopic (exact) mass is 483 g/mol. The minimum absolute atomic E-state index is 0.105. The van der Waals surface area contributed by atoms with E-state index in [2.05, 4.69) is 15.0 Å². The third-order valence-electron chi connectivity index (χ3n) is 4.66. The summed E-state index contributed by atoms with van der Waals surface area (Å²) in [5, 5.41) is 3.25. The van der Waals surface area contributed by atoms with E-state index in [1.807, 2.05) is 25.1 Å². The number of ether oxygens (including phenoxy) is 2. The Bertz CT molecular complexity index is 1380. The quantitative estimate of drug-likeness (QED) is 0.374. The van der Waals surface area contributed by atoms with Crippen LogP contribution in [0, 0.1) is 0 Å². The van der Waals surface area contributed by atoms with Crippen LogP contribution in [0.15, 0.2) is 71.6 Å². The van der Waals surface area contributed by atoms with E-state index < -0.39 is 10.0 Å². The van der Waals surface area contributed by atoms with Crippen LogP contribution in [-0.4, -0.2) is 33.0 Å². The number of nitrogens with zero attached hydrogens (tertiary/aromatic N) is 1. The van der Waals surface area contributed by atoms with E-state index in [1.54, 1.807) is 24.3 Å². The number of carbonyl (C=O) groups is 1. The number of hydrogen-bond donors (Lipinski definition) is 2. The standard InChI is InChI=1S/C23H21N3O5S2/c1-3-31-18-10-13-20-21(14-18)32-23(24-20)25-22(27)15-4-6-16(7-5-15)26-33(28,29)19-11-8-17(30-2)9-12-19/h4-14,26H,3H2,1-2H3,(H,24,25,27). The molecule has 4 aromatic rings. The number of aromatic nitrogens is 1. The van der Waals surface area contributed by atoms with Gasteiger partial charge < -0.3 is 9.47 Å². The molecule has 0 saturated carbocycles. The first-order valence-electron chi connectivity index (χ1n) is 9.99. The van der Waals surface area contributed by atoms with E-state index in [0.29, 0.717) is 28.7 Å². The van der Waals surface area contributed by atoms with Crippen molar-refractivity contribution in [3.05, 3.63) is 72.3 Å². The molecule has 0 atom stereocenters. The summed E-state index contributed by atoms with van der Waals surface area (Å²) in [6.07, 6.45) is 0. The van der Waals surface area contributed by atoms with Gasteiger partial charge >= 0.3 is 0 Å². The molecule has 0 aliphatic heterocycles. The highest BCUT2D eigenvalue weighted by atomic mass is 32.2. The van der Waals surface area contributed by atoms with Gasteiger partial charge in [0.15, 0.2) is 5.13 Å². The van der Waals surface area contributed by atoms with E-state index in [9.17, 15) is 13.2 Å². The van der Waals surface area contributed by atoms with Gasteiger partial charge in [-0.15, -0.1) is 0 Å². The fourth-order valence-corrected chi connectivity index (χ4v) is 4.99. The lowest BCUT2D eigenvalue weighted by Crippen LogP contribution is -2.14. The zero-order valence-corrected chi connectivity index (χ0v) is 19.5. The van der Waals surface area contributed by atoms with E-state index in [0.717, 1.165) is 16.0 Å². The van der Waals surface area contributed by atoms with Gasteiger partial charge in [0.25, 0.3) is 15.9 Å². The van der Waals surface area contributed by atoms with Crippen LogP contribution in [0.4, 0.5) is 10.8 Å². The topological polar surface area (TPSA) is 107 Å². The Morgan fingerprint density at radius 2 is 1.70 bits per heavy atom. The Hall–Kier alpha value is -3.63. The maximum atomic E-state index is 12.6. The van der Waals surface area contributed by atoms with Crippen molar-refractivity contribution in [2.45, 2.75) is 11.8 Å². The number of hydrogen-bond acceptors (Lipinski definition) is 7. The summed E-state index contributed by atoms with van der Waals surface area (Å²) < 4.78 is 39.1. The molecule has 0 unspecified atom stereocenters. The first kappa shape index (κ1) is 22.6. The minimum Gasteiger partial charge on any atom is -0.497 e. The van der Waals surface area contributed by atoms with Crippen LogP contribution in [0.3, 0.4) is 0 Å². The Morgan fingerprint density at radius 3 is 2.36 bits per heavy atom. The van der Waals surface area contributed by atoms with Crippen molar-refractivity contribution in [2.24, 2.45) is 0 Å². The second-order valence-corrected chi connectivity index (χ2v) is 9.61. The average Bonchev–Trinajstić information content (AvgIpc) is 3.21. The van der Waals surface area contributed by atoms with Crippen LogP contribution in [0.25, 0.3) is 10.2 Å². The summed E-state index contributed by atoms with van der Waals surface area (Å²) in [5.74, 6) is 0.968. The smallest absolute Gasteiger partial charge is 0.261 e. The second kappa shape index (κ2) is 9.47. The SMILES string of the molecule is CCOc1ccc2nc(NC(=O)c3ccc(NS(=O)(=O)c4ccc(OC)cc4)cc3)sc2c1. The molecule has 2 N–H and O–H groups in total. The summed E-state index contributed by atoms with van der Waals surface area (Å²) in [5.41, 5.74) is 1.48. The number of fused-ring (bicyclic) bond motifs is 1. The maximum absolute atomic E-state index is 12.6. The van der Waals surface area contributed by atoms with Gasteiger partial charge in [-0.1, -0.05) is 11.3 Å². The molecule has 4 rings (SSSR count). The van der Waals surface area contributed by atoms with Crippen molar-refractivity contribution < 1.29 is 22.7 Å². The molecule has 33 heavy (non-hydrogen) atoms. The zero-order valence-electron chi connectivity index (χ0n) is 17.9. The van der Waals surface area contributed by atoms with Crippen molar-refractivity contribution >= 4 is 48.3 Å². The predicted octanol–water partition coefficient (Wildman–Crippen LogP) is 4.76. The first-order valence-corrected chi connectivity index (χ1v) is 12.3. The molecule has 8 nitrogen and oxygen atoms in total. The fourth-order valence-electron chi connectivity index (χ4n) is 3.04. The Balaban J connectivity index is 1.44. The molecule has 10 heteroatoms. The summed E-state index contributed by atoms with van der Waals surface area (Å²) in [6.45, 7) is 2.48. The molecule has 1 heterocycles. The van der Waals surface area contributed by atoms with Gasteiger partial charge in [-0.25, -0.2) is 13.4 Å². The van der Waals surface area contributed by atoms with Gasteiger partial charge in [0, 0.05) is 11.3 Å².